The van der Waals surface area contributed by atoms with Gasteiger partial charge in [0.15, 0.2) is 0 Å². The molecule has 114 valence electrons. The maximum Gasteiger partial charge on any atom is 0.243 e. The molecule has 0 unspecified atom stereocenters. The van der Waals surface area contributed by atoms with Gasteiger partial charge in [0.1, 0.15) is 0 Å². The summed E-state index contributed by atoms with van der Waals surface area (Å²) in [6, 6.07) is 6.36. The van der Waals surface area contributed by atoms with E-state index >= 15 is 0 Å². The van der Waals surface area contributed by atoms with Crippen LogP contribution in [0.5, 0.6) is 0 Å². The van der Waals surface area contributed by atoms with Crippen LogP contribution in [0, 0.1) is 5.41 Å². The third kappa shape index (κ3) is 4.45. The summed E-state index contributed by atoms with van der Waals surface area (Å²) >= 11 is 5.89. The lowest BCUT2D eigenvalue weighted by atomic mass is 9.94. The van der Waals surface area contributed by atoms with Crippen molar-refractivity contribution in [1.82, 2.24) is 4.31 Å². The zero-order valence-electron chi connectivity index (χ0n) is 12.3. The molecule has 0 atom stereocenters. The van der Waals surface area contributed by atoms with Crippen molar-refractivity contribution in [3.05, 3.63) is 29.3 Å². The number of hydrogen-bond donors (Lipinski definition) is 1. The fourth-order valence-corrected chi connectivity index (χ4v) is 3.87. The van der Waals surface area contributed by atoms with E-state index in [9.17, 15) is 8.42 Å². The Morgan fingerprint density at radius 2 is 2.00 bits per heavy atom. The van der Waals surface area contributed by atoms with Crippen molar-refractivity contribution in [2.75, 3.05) is 19.6 Å². The molecule has 1 aromatic carbocycles. The molecular formula is C14H23ClN2O2S. The summed E-state index contributed by atoms with van der Waals surface area (Å²) in [4.78, 5) is 0.228. The summed E-state index contributed by atoms with van der Waals surface area (Å²) < 4.78 is 26.9. The molecule has 1 rings (SSSR count). The first-order valence-electron chi connectivity index (χ1n) is 6.69. The lowest BCUT2D eigenvalue weighted by Crippen LogP contribution is -2.42. The van der Waals surface area contributed by atoms with Crippen LogP contribution in [0.2, 0.25) is 5.02 Å². The van der Waals surface area contributed by atoms with Crippen molar-refractivity contribution in [3.8, 4) is 0 Å². The Balaban J connectivity index is 3.12. The van der Waals surface area contributed by atoms with Gasteiger partial charge in [0.25, 0.3) is 0 Å². The smallest absolute Gasteiger partial charge is 0.243 e. The minimum Gasteiger partial charge on any atom is -0.330 e. The Labute approximate surface area is 127 Å². The summed E-state index contributed by atoms with van der Waals surface area (Å²) in [5.74, 6) is 0. The minimum atomic E-state index is -3.54. The van der Waals surface area contributed by atoms with Gasteiger partial charge < -0.3 is 5.73 Å². The molecule has 0 heterocycles. The summed E-state index contributed by atoms with van der Waals surface area (Å²) in [6.07, 6.45) is 0.750. The second-order valence-electron chi connectivity index (χ2n) is 5.66. The molecule has 0 aliphatic rings. The zero-order valence-corrected chi connectivity index (χ0v) is 13.8. The van der Waals surface area contributed by atoms with Crippen LogP contribution in [-0.2, 0) is 10.0 Å². The summed E-state index contributed by atoms with van der Waals surface area (Å²) in [7, 11) is -3.54. The molecule has 0 saturated heterocycles. The topological polar surface area (TPSA) is 63.4 Å². The van der Waals surface area contributed by atoms with E-state index in [-0.39, 0.29) is 10.3 Å². The SMILES string of the molecule is CCCN(CC(C)(C)CN)S(=O)(=O)c1cccc(Cl)c1. The Bertz CT molecular complexity index is 544. The van der Waals surface area contributed by atoms with Crippen molar-refractivity contribution in [1.29, 1.82) is 0 Å². The predicted octanol–water partition coefficient (Wildman–Crippen LogP) is 2.73. The first-order chi connectivity index (χ1) is 9.23. The molecule has 0 bridgehead atoms. The molecule has 0 aromatic heterocycles. The first-order valence-corrected chi connectivity index (χ1v) is 8.50. The fourth-order valence-electron chi connectivity index (χ4n) is 1.85. The quantitative estimate of drug-likeness (QED) is 0.840. The summed E-state index contributed by atoms with van der Waals surface area (Å²) in [5, 5.41) is 0.417. The monoisotopic (exact) mass is 318 g/mol. The molecule has 20 heavy (non-hydrogen) atoms. The van der Waals surface area contributed by atoms with Gasteiger partial charge in [-0.25, -0.2) is 8.42 Å². The normalized spacial score (nSPS) is 12.9. The molecule has 1 aromatic rings. The van der Waals surface area contributed by atoms with E-state index in [1.807, 2.05) is 20.8 Å². The third-order valence-electron chi connectivity index (χ3n) is 3.06. The van der Waals surface area contributed by atoms with E-state index in [1.54, 1.807) is 18.2 Å². The average Bonchev–Trinajstić information content (AvgIpc) is 2.38. The third-order valence-corrected chi connectivity index (χ3v) is 5.14. The highest BCUT2D eigenvalue weighted by Crippen LogP contribution is 2.24. The molecule has 2 N–H and O–H groups in total. The molecule has 6 heteroatoms. The molecule has 4 nitrogen and oxygen atoms in total. The van der Waals surface area contributed by atoms with Crippen molar-refractivity contribution in [2.45, 2.75) is 32.1 Å². The zero-order chi connectivity index (χ0) is 15.4. The second kappa shape index (κ2) is 6.89. The Morgan fingerprint density at radius 1 is 1.35 bits per heavy atom. The molecule has 0 aliphatic carbocycles. The Hall–Kier alpha value is -0.620. The van der Waals surface area contributed by atoms with Crippen LogP contribution in [0.1, 0.15) is 27.2 Å². The van der Waals surface area contributed by atoms with Gasteiger partial charge in [0, 0.05) is 18.1 Å². The van der Waals surface area contributed by atoms with Gasteiger partial charge in [-0.1, -0.05) is 38.4 Å². The van der Waals surface area contributed by atoms with Crippen LogP contribution in [0.3, 0.4) is 0 Å². The second-order valence-corrected chi connectivity index (χ2v) is 8.04. The number of halogens is 1. The standard InChI is InChI=1S/C14H23ClN2O2S/c1-4-8-17(11-14(2,3)10-16)20(18,19)13-7-5-6-12(15)9-13/h5-7,9H,4,8,10-11,16H2,1-3H3. The molecule has 0 radical (unpaired) electrons. The van der Waals surface area contributed by atoms with Crippen LogP contribution in [0.25, 0.3) is 0 Å². The molecule has 0 fully saturated rings. The Kier molecular flexibility index (Phi) is 6.01. The highest BCUT2D eigenvalue weighted by Gasteiger charge is 2.29. The highest BCUT2D eigenvalue weighted by molar-refractivity contribution is 7.89. The van der Waals surface area contributed by atoms with Gasteiger partial charge in [-0.15, -0.1) is 0 Å². The minimum absolute atomic E-state index is 0.228. The lowest BCUT2D eigenvalue weighted by molar-refractivity contribution is 0.266. The van der Waals surface area contributed by atoms with Gasteiger partial charge >= 0.3 is 0 Å². The number of sulfonamides is 1. The Morgan fingerprint density at radius 3 is 2.50 bits per heavy atom. The van der Waals surface area contributed by atoms with Crippen LogP contribution in [-0.4, -0.2) is 32.4 Å². The van der Waals surface area contributed by atoms with Gasteiger partial charge in [0.05, 0.1) is 4.90 Å². The highest BCUT2D eigenvalue weighted by atomic mass is 35.5. The van der Waals surface area contributed by atoms with Gasteiger partial charge in [-0.3, -0.25) is 0 Å². The lowest BCUT2D eigenvalue weighted by Gasteiger charge is -2.31. The van der Waals surface area contributed by atoms with Crippen molar-refractivity contribution >= 4 is 21.6 Å². The molecular weight excluding hydrogens is 296 g/mol. The number of nitrogens with zero attached hydrogens (tertiary/aromatic N) is 1. The van der Waals surface area contributed by atoms with Gasteiger partial charge in [0.2, 0.25) is 10.0 Å². The van der Waals surface area contributed by atoms with Gasteiger partial charge in [-0.05, 0) is 36.6 Å². The maximum absolute atomic E-state index is 12.7. The van der Waals surface area contributed by atoms with E-state index in [4.69, 9.17) is 17.3 Å². The average molecular weight is 319 g/mol. The van der Waals surface area contributed by atoms with E-state index < -0.39 is 10.0 Å². The summed E-state index contributed by atoms with van der Waals surface area (Å²) in [6.45, 7) is 7.17. The number of rotatable bonds is 7. The van der Waals surface area contributed by atoms with Crippen molar-refractivity contribution in [3.63, 3.8) is 0 Å². The van der Waals surface area contributed by atoms with Gasteiger partial charge in [-0.2, -0.15) is 4.31 Å². The van der Waals surface area contributed by atoms with Crippen molar-refractivity contribution in [2.24, 2.45) is 11.1 Å². The largest absolute Gasteiger partial charge is 0.330 e. The molecule has 0 spiro atoms. The van der Waals surface area contributed by atoms with E-state index in [0.717, 1.165) is 6.42 Å². The van der Waals surface area contributed by atoms with Crippen LogP contribution in [0.4, 0.5) is 0 Å². The number of hydrogen-bond acceptors (Lipinski definition) is 3. The van der Waals surface area contributed by atoms with E-state index in [1.165, 1.54) is 10.4 Å². The summed E-state index contributed by atoms with van der Waals surface area (Å²) in [5.41, 5.74) is 5.45. The predicted molar refractivity (Wildman–Crippen MR) is 83.3 cm³/mol. The van der Waals surface area contributed by atoms with Crippen LogP contribution < -0.4 is 5.73 Å². The maximum atomic E-state index is 12.7. The number of benzene rings is 1. The molecule has 0 aliphatic heterocycles. The van der Waals surface area contributed by atoms with Crippen LogP contribution >= 0.6 is 11.6 Å². The van der Waals surface area contributed by atoms with Crippen molar-refractivity contribution < 1.29 is 8.42 Å². The molecule has 0 amide bonds. The fraction of sp³-hybridized carbons (Fsp3) is 0.571. The van der Waals surface area contributed by atoms with Crippen LogP contribution in [0.15, 0.2) is 29.2 Å². The van der Waals surface area contributed by atoms with E-state index in [0.29, 0.717) is 24.7 Å². The number of nitrogens with two attached hydrogens (primary N) is 1. The van der Waals surface area contributed by atoms with E-state index in [2.05, 4.69) is 0 Å². The first kappa shape index (κ1) is 17.4. The molecule has 0 saturated carbocycles.